The number of nitrogens with two attached hydrogens (primary N) is 1. The van der Waals surface area contributed by atoms with Crippen LogP contribution in [0.2, 0.25) is 0 Å². The second-order valence-electron chi connectivity index (χ2n) is 4.29. The normalized spacial score (nSPS) is 13.8. The minimum absolute atomic E-state index is 0.176. The van der Waals surface area contributed by atoms with Crippen LogP contribution in [-0.4, -0.2) is 21.2 Å². The first-order valence-electron chi connectivity index (χ1n) is 5.37. The molecule has 0 spiro atoms. The Balaban J connectivity index is 3.29. The van der Waals surface area contributed by atoms with Crippen LogP contribution in [0.5, 0.6) is 0 Å². The summed E-state index contributed by atoms with van der Waals surface area (Å²) < 4.78 is 23.4. The molecule has 0 bridgehead atoms. The van der Waals surface area contributed by atoms with E-state index in [2.05, 4.69) is 0 Å². The fourth-order valence-electron chi connectivity index (χ4n) is 1.78. The summed E-state index contributed by atoms with van der Waals surface area (Å²) in [5.74, 6) is 0.176. The molecule has 0 aromatic heterocycles. The van der Waals surface area contributed by atoms with Gasteiger partial charge in [-0.25, -0.2) is 8.42 Å². The molecule has 1 aromatic carbocycles. The topological polar surface area (TPSA) is 60.2 Å². The molecule has 0 amide bonds. The molecule has 1 aromatic rings. The Morgan fingerprint density at radius 3 is 2.50 bits per heavy atom. The fourth-order valence-corrected chi connectivity index (χ4v) is 2.87. The second kappa shape index (κ2) is 4.97. The van der Waals surface area contributed by atoms with Gasteiger partial charge in [0.25, 0.3) is 0 Å². The van der Waals surface area contributed by atoms with Gasteiger partial charge < -0.3 is 5.73 Å². The summed E-state index contributed by atoms with van der Waals surface area (Å²) in [5, 5.41) is 0. The number of benzene rings is 1. The number of rotatable bonds is 4. The van der Waals surface area contributed by atoms with E-state index in [9.17, 15) is 8.42 Å². The van der Waals surface area contributed by atoms with Crippen LogP contribution in [0.1, 0.15) is 30.4 Å². The average Bonchev–Trinajstić information content (AvgIpc) is 2.16. The molecule has 0 aliphatic heterocycles. The third-order valence-electron chi connectivity index (χ3n) is 2.70. The van der Waals surface area contributed by atoms with Crippen LogP contribution in [0, 0.1) is 6.92 Å². The van der Waals surface area contributed by atoms with Gasteiger partial charge in [-0.05, 0) is 43.0 Å². The summed E-state index contributed by atoms with van der Waals surface area (Å²) >= 11 is 0. The van der Waals surface area contributed by atoms with E-state index in [1.54, 1.807) is 6.07 Å². The Hall–Kier alpha value is -0.870. The van der Waals surface area contributed by atoms with Crippen molar-refractivity contribution in [2.45, 2.75) is 31.1 Å². The lowest BCUT2D eigenvalue weighted by Gasteiger charge is -2.15. The van der Waals surface area contributed by atoms with Crippen LogP contribution in [0.15, 0.2) is 23.1 Å². The van der Waals surface area contributed by atoms with Crippen molar-refractivity contribution in [3.8, 4) is 0 Å². The van der Waals surface area contributed by atoms with E-state index in [0.29, 0.717) is 11.4 Å². The van der Waals surface area contributed by atoms with Crippen LogP contribution in [0.25, 0.3) is 0 Å². The predicted molar refractivity (Wildman–Crippen MR) is 66.4 cm³/mol. The zero-order valence-corrected chi connectivity index (χ0v) is 10.8. The third-order valence-corrected chi connectivity index (χ3v) is 3.85. The molecule has 3 nitrogen and oxygen atoms in total. The van der Waals surface area contributed by atoms with Crippen LogP contribution in [0.3, 0.4) is 0 Å². The van der Waals surface area contributed by atoms with Gasteiger partial charge >= 0.3 is 0 Å². The molecule has 0 saturated heterocycles. The lowest BCUT2D eigenvalue weighted by Crippen LogP contribution is -2.09. The minimum Gasteiger partial charge on any atom is -0.330 e. The largest absolute Gasteiger partial charge is 0.330 e. The van der Waals surface area contributed by atoms with Crippen molar-refractivity contribution >= 4 is 9.84 Å². The van der Waals surface area contributed by atoms with E-state index in [4.69, 9.17) is 5.73 Å². The molecule has 0 aliphatic rings. The summed E-state index contributed by atoms with van der Waals surface area (Å²) in [4.78, 5) is 0.438. The summed E-state index contributed by atoms with van der Waals surface area (Å²) in [5.41, 5.74) is 7.34. The first-order chi connectivity index (χ1) is 7.36. The van der Waals surface area contributed by atoms with E-state index < -0.39 is 9.84 Å². The first kappa shape index (κ1) is 13.2. The van der Waals surface area contributed by atoms with E-state index in [1.165, 1.54) is 6.26 Å². The van der Waals surface area contributed by atoms with Crippen molar-refractivity contribution < 1.29 is 8.42 Å². The lowest BCUT2D eigenvalue weighted by atomic mass is 9.97. The lowest BCUT2D eigenvalue weighted by molar-refractivity contribution is 0.596. The smallest absolute Gasteiger partial charge is 0.175 e. The maximum atomic E-state index is 11.7. The highest BCUT2D eigenvalue weighted by Crippen LogP contribution is 2.26. The molecule has 0 saturated carbocycles. The Kier molecular flexibility index (Phi) is 4.10. The second-order valence-corrected chi connectivity index (χ2v) is 6.28. The van der Waals surface area contributed by atoms with Crippen LogP contribution in [-0.2, 0) is 9.84 Å². The molecule has 0 heterocycles. The van der Waals surface area contributed by atoms with E-state index in [0.717, 1.165) is 17.5 Å². The van der Waals surface area contributed by atoms with Gasteiger partial charge in [0.1, 0.15) is 0 Å². The highest BCUT2D eigenvalue weighted by Gasteiger charge is 2.17. The maximum Gasteiger partial charge on any atom is 0.175 e. The van der Waals surface area contributed by atoms with E-state index >= 15 is 0 Å². The molecule has 1 unspecified atom stereocenters. The van der Waals surface area contributed by atoms with Gasteiger partial charge in [0.2, 0.25) is 0 Å². The van der Waals surface area contributed by atoms with Crippen molar-refractivity contribution in [2.24, 2.45) is 5.73 Å². The van der Waals surface area contributed by atoms with Crippen LogP contribution >= 0.6 is 0 Å². The van der Waals surface area contributed by atoms with E-state index in [1.807, 2.05) is 26.0 Å². The minimum atomic E-state index is -3.16. The Bertz CT molecular complexity index is 466. The van der Waals surface area contributed by atoms with Crippen molar-refractivity contribution in [1.82, 2.24) is 0 Å². The highest BCUT2D eigenvalue weighted by atomic mass is 32.2. The summed E-state index contributed by atoms with van der Waals surface area (Å²) in [7, 11) is -3.16. The number of hydrogen-bond acceptors (Lipinski definition) is 3. The van der Waals surface area contributed by atoms with Crippen molar-refractivity contribution in [1.29, 1.82) is 0 Å². The number of aryl methyl sites for hydroxylation is 1. The third kappa shape index (κ3) is 3.06. The molecule has 90 valence electrons. The molecule has 2 N–H and O–H groups in total. The summed E-state index contributed by atoms with van der Waals surface area (Å²) in [6.07, 6.45) is 2.05. The molecule has 1 rings (SSSR count). The average molecular weight is 241 g/mol. The molecule has 4 heteroatoms. The highest BCUT2D eigenvalue weighted by molar-refractivity contribution is 7.90. The molecule has 0 fully saturated rings. The SMILES string of the molecule is Cc1ccc(C(C)CCN)c(S(C)(=O)=O)c1. The van der Waals surface area contributed by atoms with Gasteiger partial charge in [-0.2, -0.15) is 0 Å². The van der Waals surface area contributed by atoms with Gasteiger partial charge in [0.05, 0.1) is 4.90 Å². The Labute approximate surface area is 97.6 Å². The monoisotopic (exact) mass is 241 g/mol. The standard InChI is InChI=1S/C12H19NO2S/c1-9-4-5-11(10(2)6-7-13)12(8-9)16(3,14)15/h4-5,8,10H,6-7,13H2,1-3H3. The zero-order chi connectivity index (χ0) is 12.3. The molecule has 0 aliphatic carbocycles. The number of sulfone groups is 1. The number of hydrogen-bond donors (Lipinski definition) is 1. The van der Waals surface area contributed by atoms with Crippen molar-refractivity contribution in [3.05, 3.63) is 29.3 Å². The molecule has 0 radical (unpaired) electrons. The van der Waals surface area contributed by atoms with Gasteiger partial charge in [0, 0.05) is 6.26 Å². The molecule has 1 atom stereocenters. The zero-order valence-electron chi connectivity index (χ0n) is 10.0. The molecular weight excluding hydrogens is 222 g/mol. The fraction of sp³-hybridized carbons (Fsp3) is 0.500. The van der Waals surface area contributed by atoms with E-state index in [-0.39, 0.29) is 5.92 Å². The van der Waals surface area contributed by atoms with Crippen molar-refractivity contribution in [2.75, 3.05) is 12.8 Å². The van der Waals surface area contributed by atoms with Gasteiger partial charge in [-0.15, -0.1) is 0 Å². The quantitative estimate of drug-likeness (QED) is 0.875. The Morgan fingerprint density at radius 1 is 1.38 bits per heavy atom. The van der Waals surface area contributed by atoms with Gasteiger partial charge in [-0.3, -0.25) is 0 Å². The van der Waals surface area contributed by atoms with Crippen LogP contribution in [0.4, 0.5) is 0 Å². The van der Waals surface area contributed by atoms with Crippen molar-refractivity contribution in [3.63, 3.8) is 0 Å². The predicted octanol–water partition coefficient (Wildman–Crippen LogP) is 1.85. The van der Waals surface area contributed by atoms with Gasteiger partial charge in [-0.1, -0.05) is 19.1 Å². The molecule has 16 heavy (non-hydrogen) atoms. The Morgan fingerprint density at radius 2 is 2.00 bits per heavy atom. The summed E-state index contributed by atoms with van der Waals surface area (Å²) in [6.45, 7) is 4.47. The molecular formula is C12H19NO2S. The first-order valence-corrected chi connectivity index (χ1v) is 7.26. The van der Waals surface area contributed by atoms with Gasteiger partial charge in [0.15, 0.2) is 9.84 Å². The maximum absolute atomic E-state index is 11.7. The summed E-state index contributed by atoms with van der Waals surface area (Å²) in [6, 6.07) is 5.57. The van der Waals surface area contributed by atoms with Crippen LogP contribution < -0.4 is 5.73 Å².